The van der Waals surface area contributed by atoms with Crippen LogP contribution in [0.4, 0.5) is 5.69 Å². The third-order valence-corrected chi connectivity index (χ3v) is 4.44. The minimum Gasteiger partial charge on any atom is -0.497 e. The van der Waals surface area contributed by atoms with Gasteiger partial charge >= 0.3 is 5.97 Å². The molecular formula is C25H23NO5. The molecular weight excluding hydrogens is 394 g/mol. The molecule has 0 radical (unpaired) electrons. The lowest BCUT2D eigenvalue weighted by molar-refractivity contribution is -0.149. The molecule has 0 spiro atoms. The number of benzene rings is 3. The lowest BCUT2D eigenvalue weighted by atomic mass is 10.1. The second-order valence-electron chi connectivity index (χ2n) is 6.56. The fourth-order valence-corrected chi connectivity index (χ4v) is 2.84. The predicted octanol–water partition coefficient (Wildman–Crippen LogP) is 4.64. The van der Waals surface area contributed by atoms with E-state index in [0.717, 1.165) is 11.3 Å². The molecule has 0 unspecified atom stereocenters. The molecule has 3 aromatic rings. The van der Waals surface area contributed by atoms with Gasteiger partial charge in [0.2, 0.25) is 6.10 Å². The Bertz CT molecular complexity index is 1050. The van der Waals surface area contributed by atoms with E-state index >= 15 is 0 Å². The third-order valence-electron chi connectivity index (χ3n) is 4.44. The topological polar surface area (TPSA) is 73.9 Å². The molecule has 1 N–H and O–H groups in total. The first-order valence-corrected chi connectivity index (χ1v) is 9.61. The van der Waals surface area contributed by atoms with Crippen LogP contribution in [-0.2, 0) is 14.3 Å². The summed E-state index contributed by atoms with van der Waals surface area (Å²) in [4.78, 5) is 25.4. The van der Waals surface area contributed by atoms with Crippen LogP contribution in [0.2, 0.25) is 0 Å². The molecule has 3 rings (SSSR count). The van der Waals surface area contributed by atoms with Gasteiger partial charge in [-0.05, 0) is 35.9 Å². The number of carbonyl (C=O) groups is 2. The number of nitrogens with one attached hydrogen (secondary N) is 1. The van der Waals surface area contributed by atoms with Crippen molar-refractivity contribution in [3.05, 3.63) is 96.1 Å². The maximum atomic E-state index is 12.9. The molecule has 0 aliphatic heterocycles. The third kappa shape index (κ3) is 6.21. The van der Waals surface area contributed by atoms with Gasteiger partial charge in [0.25, 0.3) is 5.91 Å². The number of esters is 1. The van der Waals surface area contributed by atoms with Crippen LogP contribution in [-0.4, -0.2) is 26.1 Å². The second-order valence-corrected chi connectivity index (χ2v) is 6.56. The zero-order valence-corrected chi connectivity index (χ0v) is 17.3. The average Bonchev–Trinajstić information content (AvgIpc) is 2.82. The first kappa shape index (κ1) is 21.6. The summed E-state index contributed by atoms with van der Waals surface area (Å²) in [6.45, 7) is 0. The second kappa shape index (κ2) is 10.6. The van der Waals surface area contributed by atoms with E-state index in [1.54, 1.807) is 81.0 Å². The normalized spacial score (nSPS) is 11.5. The summed E-state index contributed by atoms with van der Waals surface area (Å²) >= 11 is 0. The van der Waals surface area contributed by atoms with Crippen LogP contribution in [0.3, 0.4) is 0 Å². The number of hydrogen-bond acceptors (Lipinski definition) is 5. The number of rotatable bonds is 8. The molecule has 1 atom stereocenters. The summed E-state index contributed by atoms with van der Waals surface area (Å²) in [6, 6.07) is 23.0. The molecule has 0 fully saturated rings. The van der Waals surface area contributed by atoms with Gasteiger partial charge in [0.15, 0.2) is 0 Å². The Morgan fingerprint density at radius 2 is 1.55 bits per heavy atom. The largest absolute Gasteiger partial charge is 0.497 e. The minimum atomic E-state index is -1.11. The molecule has 31 heavy (non-hydrogen) atoms. The molecule has 0 aliphatic carbocycles. The van der Waals surface area contributed by atoms with Crippen molar-refractivity contribution >= 4 is 23.6 Å². The van der Waals surface area contributed by atoms with E-state index in [1.807, 2.05) is 18.2 Å². The van der Waals surface area contributed by atoms with Crippen molar-refractivity contribution in [1.82, 2.24) is 0 Å². The molecule has 0 heterocycles. The van der Waals surface area contributed by atoms with Crippen molar-refractivity contribution < 1.29 is 23.8 Å². The van der Waals surface area contributed by atoms with Gasteiger partial charge in [-0.1, -0.05) is 48.5 Å². The number of amides is 1. The van der Waals surface area contributed by atoms with Crippen molar-refractivity contribution in [2.24, 2.45) is 0 Å². The van der Waals surface area contributed by atoms with E-state index in [9.17, 15) is 9.59 Å². The smallest absolute Gasteiger partial charge is 0.331 e. The Hall–Kier alpha value is -4.06. The Labute approximate surface area is 181 Å². The highest BCUT2D eigenvalue weighted by atomic mass is 16.5. The SMILES string of the molecule is COc1ccc(/C=C/C(=O)O[C@@H](C(=O)Nc2cccc(OC)c2)c2ccccc2)cc1. The Kier molecular flexibility index (Phi) is 7.43. The maximum Gasteiger partial charge on any atom is 0.331 e. The summed E-state index contributed by atoms with van der Waals surface area (Å²) in [5.41, 5.74) is 1.90. The van der Waals surface area contributed by atoms with E-state index in [1.165, 1.54) is 6.08 Å². The Balaban J connectivity index is 1.74. The van der Waals surface area contributed by atoms with Crippen LogP contribution in [0.25, 0.3) is 6.08 Å². The average molecular weight is 417 g/mol. The maximum absolute atomic E-state index is 12.9. The summed E-state index contributed by atoms with van der Waals surface area (Å²) in [6.07, 6.45) is 1.79. The number of ether oxygens (including phenoxy) is 3. The van der Waals surface area contributed by atoms with Crippen LogP contribution in [0.5, 0.6) is 11.5 Å². The standard InChI is InChI=1S/C25H23NO5/c1-29-21-14-11-18(12-15-21)13-16-23(27)31-24(19-7-4-3-5-8-19)25(28)26-20-9-6-10-22(17-20)30-2/h3-17,24H,1-2H3,(H,26,28)/b16-13+/t24-/m1/s1. The molecule has 0 saturated heterocycles. The zero-order valence-electron chi connectivity index (χ0n) is 17.3. The lowest BCUT2D eigenvalue weighted by Gasteiger charge is -2.17. The number of hydrogen-bond donors (Lipinski definition) is 1. The number of carbonyl (C=O) groups excluding carboxylic acids is 2. The van der Waals surface area contributed by atoms with Gasteiger partial charge in [0.05, 0.1) is 14.2 Å². The predicted molar refractivity (Wildman–Crippen MR) is 119 cm³/mol. The fraction of sp³-hybridized carbons (Fsp3) is 0.120. The molecule has 0 aliphatic rings. The van der Waals surface area contributed by atoms with E-state index in [-0.39, 0.29) is 0 Å². The molecule has 1 amide bonds. The van der Waals surface area contributed by atoms with Crippen LogP contribution in [0.15, 0.2) is 84.9 Å². The summed E-state index contributed by atoms with van der Waals surface area (Å²) in [5.74, 6) is 0.225. The molecule has 158 valence electrons. The van der Waals surface area contributed by atoms with Crippen LogP contribution < -0.4 is 14.8 Å². The highest BCUT2D eigenvalue weighted by Crippen LogP contribution is 2.23. The van der Waals surface area contributed by atoms with Gasteiger partial charge in [0, 0.05) is 23.4 Å². The van der Waals surface area contributed by atoms with E-state index < -0.39 is 18.0 Å². The van der Waals surface area contributed by atoms with Crippen molar-refractivity contribution in [3.63, 3.8) is 0 Å². The molecule has 6 heteroatoms. The molecule has 0 saturated carbocycles. The molecule has 3 aromatic carbocycles. The molecule has 0 bridgehead atoms. The number of anilines is 1. The molecule has 6 nitrogen and oxygen atoms in total. The Morgan fingerprint density at radius 3 is 2.23 bits per heavy atom. The van der Waals surface area contributed by atoms with Crippen LogP contribution in [0, 0.1) is 0 Å². The monoisotopic (exact) mass is 417 g/mol. The van der Waals surface area contributed by atoms with E-state index in [4.69, 9.17) is 14.2 Å². The van der Waals surface area contributed by atoms with Crippen molar-refractivity contribution in [3.8, 4) is 11.5 Å². The van der Waals surface area contributed by atoms with Gasteiger partial charge in [-0.2, -0.15) is 0 Å². The van der Waals surface area contributed by atoms with Crippen molar-refractivity contribution in [2.75, 3.05) is 19.5 Å². The highest BCUT2D eigenvalue weighted by molar-refractivity contribution is 5.97. The van der Waals surface area contributed by atoms with Gasteiger partial charge in [-0.3, -0.25) is 4.79 Å². The quantitative estimate of drug-likeness (QED) is 0.427. The van der Waals surface area contributed by atoms with Crippen LogP contribution in [0.1, 0.15) is 17.2 Å². The highest BCUT2D eigenvalue weighted by Gasteiger charge is 2.24. The van der Waals surface area contributed by atoms with Gasteiger partial charge in [0.1, 0.15) is 11.5 Å². The minimum absolute atomic E-state index is 0.467. The van der Waals surface area contributed by atoms with Crippen molar-refractivity contribution in [1.29, 1.82) is 0 Å². The summed E-state index contributed by atoms with van der Waals surface area (Å²) in [7, 11) is 3.13. The summed E-state index contributed by atoms with van der Waals surface area (Å²) < 4.78 is 15.8. The molecule has 0 aromatic heterocycles. The van der Waals surface area contributed by atoms with Crippen molar-refractivity contribution in [2.45, 2.75) is 6.10 Å². The first-order chi connectivity index (χ1) is 15.1. The summed E-state index contributed by atoms with van der Waals surface area (Å²) in [5, 5.41) is 2.77. The van der Waals surface area contributed by atoms with Gasteiger partial charge in [-0.15, -0.1) is 0 Å². The van der Waals surface area contributed by atoms with E-state index in [0.29, 0.717) is 17.0 Å². The number of methoxy groups -OCH3 is 2. The lowest BCUT2D eigenvalue weighted by Crippen LogP contribution is -2.25. The van der Waals surface area contributed by atoms with E-state index in [2.05, 4.69) is 5.32 Å². The van der Waals surface area contributed by atoms with Crippen LogP contribution >= 0.6 is 0 Å². The fourth-order valence-electron chi connectivity index (χ4n) is 2.84. The van der Waals surface area contributed by atoms with Gasteiger partial charge < -0.3 is 19.5 Å². The van der Waals surface area contributed by atoms with Gasteiger partial charge in [-0.25, -0.2) is 4.79 Å². The zero-order chi connectivity index (χ0) is 22.1. The first-order valence-electron chi connectivity index (χ1n) is 9.61. The Morgan fingerprint density at radius 1 is 0.839 bits per heavy atom.